The highest BCUT2D eigenvalue weighted by Crippen LogP contribution is 2.43. The summed E-state index contributed by atoms with van der Waals surface area (Å²) in [6, 6.07) is 1.23. The monoisotopic (exact) mass is 794 g/mol. The molecular formula is C36H54N6O14. The second-order valence-electron chi connectivity index (χ2n) is 15.5. The number of carbonyl (C=O) groups is 1. The molecule has 3 saturated heterocycles. The van der Waals surface area contributed by atoms with Gasteiger partial charge in [-0.3, -0.25) is 33.5 Å². The third-order valence-corrected chi connectivity index (χ3v) is 11.0. The third kappa shape index (κ3) is 9.30. The third-order valence-electron chi connectivity index (χ3n) is 11.0. The van der Waals surface area contributed by atoms with Gasteiger partial charge in [-0.05, 0) is 13.8 Å². The van der Waals surface area contributed by atoms with Crippen molar-refractivity contribution >= 4 is 5.91 Å². The van der Waals surface area contributed by atoms with Crippen molar-refractivity contribution in [3.05, 3.63) is 89.9 Å². The highest BCUT2D eigenvalue weighted by atomic mass is 16.5. The largest absolute Gasteiger partial charge is 0.396 e. The van der Waals surface area contributed by atoms with Crippen LogP contribution in [0.2, 0.25) is 0 Å². The molecule has 0 aliphatic carbocycles. The minimum atomic E-state index is -0.608. The minimum absolute atomic E-state index is 0.0654. The van der Waals surface area contributed by atoms with Crippen LogP contribution >= 0.6 is 0 Å². The Bertz CT molecular complexity index is 1990. The van der Waals surface area contributed by atoms with E-state index >= 15 is 0 Å². The summed E-state index contributed by atoms with van der Waals surface area (Å²) in [5, 5.41) is 58.8. The maximum Gasteiger partial charge on any atom is 0.330 e. The van der Waals surface area contributed by atoms with Gasteiger partial charge in [-0.25, -0.2) is 9.59 Å². The average molecular weight is 795 g/mol. The number of amides is 1. The number of ether oxygens (including phenoxy) is 3. The first-order chi connectivity index (χ1) is 26.3. The standard InChI is InChI=1S/C13H20N2O4.C12H18N2O5.C11H16N2O5/c1-8-5-15(9(2)14-12(8)18)11-4-13(3,7-17)10(6-16)19-11;1-7-4-14(11(18)13-10(7)17)9-3-12(2,6-16)8(5-15)19-9;1-11(6-15)4-9(18-7(11)5-14)13-3-2-8(16)12-10(13)17/h5,10-11,16-17H,2,4,6-7H2,1,3H3,(H,14,18);4,8-9,15-16H,3,5-6H2,1-2H3,(H,13,17,18);2-3,7,9,14-15H,4-6H2,1H3,(H,12,16,17)/t10-,11-,13?;8-,9+,12?;7-,9+,11?/m111/s1. The molecule has 2 aromatic heterocycles. The van der Waals surface area contributed by atoms with E-state index in [0.717, 1.165) is 0 Å². The number of aryl methyl sites for hydroxylation is 1. The van der Waals surface area contributed by atoms with Crippen LogP contribution in [0, 0.1) is 23.2 Å². The lowest BCUT2D eigenvalue weighted by molar-refractivity contribution is -0.118. The molecule has 0 spiro atoms. The Morgan fingerprint density at radius 3 is 1.61 bits per heavy atom. The molecule has 6 heterocycles. The van der Waals surface area contributed by atoms with Crippen LogP contribution in [-0.2, 0) is 19.0 Å². The van der Waals surface area contributed by atoms with E-state index in [4.69, 9.17) is 14.2 Å². The lowest BCUT2D eigenvalue weighted by Crippen LogP contribution is -2.42. The Labute approximate surface area is 321 Å². The van der Waals surface area contributed by atoms with Gasteiger partial charge >= 0.3 is 11.4 Å². The van der Waals surface area contributed by atoms with Gasteiger partial charge in [0, 0.05) is 71.3 Å². The van der Waals surface area contributed by atoms with Crippen LogP contribution < -0.4 is 27.8 Å². The predicted octanol–water partition coefficient (Wildman–Crippen LogP) is -2.16. The maximum absolute atomic E-state index is 11.8. The van der Waals surface area contributed by atoms with Crippen LogP contribution in [0.3, 0.4) is 0 Å². The zero-order valence-electron chi connectivity index (χ0n) is 32.1. The number of hydrogen-bond donors (Lipinski definition) is 9. The van der Waals surface area contributed by atoms with E-state index in [0.29, 0.717) is 36.2 Å². The number of carbonyl (C=O) groups excluding carboxylic acids is 1. The van der Waals surface area contributed by atoms with Gasteiger partial charge in [0.05, 0.1) is 58.0 Å². The molecule has 20 nitrogen and oxygen atoms in total. The summed E-state index contributed by atoms with van der Waals surface area (Å²) < 4.78 is 19.5. The minimum Gasteiger partial charge on any atom is -0.396 e. The number of nitrogens with zero attached hydrogens (tertiary/aromatic N) is 3. The first-order valence-corrected chi connectivity index (χ1v) is 18.0. The predicted molar refractivity (Wildman–Crippen MR) is 197 cm³/mol. The molecule has 0 aromatic carbocycles. The van der Waals surface area contributed by atoms with Gasteiger partial charge in [0.2, 0.25) is 0 Å². The van der Waals surface area contributed by atoms with Gasteiger partial charge in [-0.1, -0.05) is 27.4 Å². The van der Waals surface area contributed by atoms with Crippen molar-refractivity contribution in [3.63, 3.8) is 0 Å². The topological polar surface area (TPSA) is 291 Å². The lowest BCUT2D eigenvalue weighted by atomic mass is 9.84. The molecule has 0 saturated carbocycles. The molecule has 1 amide bonds. The van der Waals surface area contributed by atoms with Gasteiger partial charge in [0.15, 0.2) is 0 Å². The zero-order valence-corrected chi connectivity index (χ0v) is 32.1. The first-order valence-electron chi connectivity index (χ1n) is 18.0. The summed E-state index contributed by atoms with van der Waals surface area (Å²) in [5.41, 5.74) is -2.76. The van der Waals surface area contributed by atoms with Crippen molar-refractivity contribution in [1.82, 2.24) is 29.3 Å². The molecule has 9 atom stereocenters. The van der Waals surface area contributed by atoms with Crippen molar-refractivity contribution in [2.75, 3.05) is 39.6 Å². The van der Waals surface area contributed by atoms with Crippen LogP contribution in [-0.4, -0.2) is 125 Å². The fourth-order valence-electron chi connectivity index (χ4n) is 6.93. The maximum atomic E-state index is 11.8. The molecule has 0 bridgehead atoms. The van der Waals surface area contributed by atoms with E-state index in [1.54, 1.807) is 38.8 Å². The van der Waals surface area contributed by atoms with Crippen molar-refractivity contribution < 1.29 is 49.6 Å². The average Bonchev–Trinajstić information content (AvgIpc) is 3.82. The highest BCUT2D eigenvalue weighted by molar-refractivity contribution is 5.94. The van der Waals surface area contributed by atoms with Crippen LogP contribution in [0.25, 0.3) is 0 Å². The van der Waals surface area contributed by atoms with Crippen LogP contribution in [0.1, 0.15) is 65.0 Å². The van der Waals surface area contributed by atoms with Crippen LogP contribution in [0.15, 0.2) is 61.8 Å². The number of H-pyrrole nitrogens is 2. The number of aliphatic hydroxyl groups excluding tert-OH is 6. The Kier molecular flexibility index (Phi) is 14.2. The van der Waals surface area contributed by atoms with E-state index in [2.05, 4.69) is 21.9 Å². The molecule has 56 heavy (non-hydrogen) atoms. The number of nitrogens with one attached hydrogen (secondary N) is 3. The summed E-state index contributed by atoms with van der Waals surface area (Å²) in [6.45, 7) is 11.6. The fourth-order valence-corrected chi connectivity index (χ4v) is 6.93. The van der Waals surface area contributed by atoms with E-state index in [1.165, 1.54) is 27.6 Å². The van der Waals surface area contributed by atoms with Crippen molar-refractivity contribution in [3.8, 4) is 0 Å². The van der Waals surface area contributed by atoms with Gasteiger partial charge in [-0.2, -0.15) is 0 Å². The molecule has 4 aliphatic heterocycles. The first kappa shape index (κ1) is 44.5. The molecule has 0 radical (unpaired) electrons. The van der Waals surface area contributed by atoms with Crippen molar-refractivity contribution in [1.29, 1.82) is 0 Å². The van der Waals surface area contributed by atoms with Crippen molar-refractivity contribution in [2.24, 2.45) is 16.2 Å². The van der Waals surface area contributed by atoms with Gasteiger partial charge < -0.3 is 55.1 Å². The summed E-state index contributed by atoms with van der Waals surface area (Å²) in [7, 11) is 0. The summed E-state index contributed by atoms with van der Waals surface area (Å²) in [6.07, 6.45) is 2.75. The molecule has 20 heteroatoms. The number of aliphatic hydroxyl groups is 6. The van der Waals surface area contributed by atoms with Crippen LogP contribution in [0.4, 0.5) is 0 Å². The van der Waals surface area contributed by atoms with E-state index in [-0.39, 0.29) is 51.8 Å². The van der Waals surface area contributed by atoms with E-state index in [9.17, 15) is 54.6 Å². The Hall–Kier alpha value is -4.25. The number of aromatic amines is 2. The molecule has 3 fully saturated rings. The lowest BCUT2D eigenvalue weighted by Gasteiger charge is -2.32. The molecule has 9 N–H and O–H groups in total. The smallest absolute Gasteiger partial charge is 0.330 e. The number of aromatic nitrogens is 4. The van der Waals surface area contributed by atoms with Gasteiger partial charge in [0.25, 0.3) is 17.0 Å². The number of rotatable bonds is 9. The second-order valence-corrected chi connectivity index (χ2v) is 15.5. The quantitative estimate of drug-likeness (QED) is 0.131. The normalized spacial score (nSPS) is 32.6. The van der Waals surface area contributed by atoms with Crippen molar-refractivity contribution in [2.45, 2.75) is 90.9 Å². The summed E-state index contributed by atoms with van der Waals surface area (Å²) >= 11 is 0. The zero-order chi connectivity index (χ0) is 41.7. The highest BCUT2D eigenvalue weighted by Gasteiger charge is 2.48. The summed E-state index contributed by atoms with van der Waals surface area (Å²) in [5.74, 6) is 0.266. The fraction of sp³-hybridized carbons (Fsp3) is 0.639. The molecule has 4 aliphatic rings. The molecule has 3 unspecified atom stereocenters. The second kappa shape index (κ2) is 17.9. The Balaban J connectivity index is 0.000000187. The molecule has 2 aromatic rings. The SMILES string of the molecule is C=C1NC(=O)C(C)=CN1[C@H]1CC(C)(CO)[C@@H](CO)O1.CC1(CO)C[C@@H](n2ccc(=O)[nH]c2=O)O[C@@H]1CO.Cc1cn([C@@H]2CC(C)(CO)[C@@H](CO)O2)c(=O)[nH]c1=O. The van der Waals surface area contributed by atoms with E-state index < -0.39 is 69.5 Å². The van der Waals surface area contributed by atoms with Gasteiger partial charge in [0.1, 0.15) is 24.5 Å². The van der Waals surface area contributed by atoms with Crippen LogP contribution in [0.5, 0.6) is 0 Å². The molecular weight excluding hydrogens is 740 g/mol. The number of hydrogen-bond acceptors (Lipinski definition) is 15. The Morgan fingerprint density at radius 1 is 0.714 bits per heavy atom. The van der Waals surface area contributed by atoms with E-state index in [1.807, 2.05) is 6.92 Å². The Morgan fingerprint density at radius 2 is 1.16 bits per heavy atom. The summed E-state index contributed by atoms with van der Waals surface area (Å²) in [4.78, 5) is 63.3. The molecule has 312 valence electrons. The molecule has 6 rings (SSSR count). The van der Waals surface area contributed by atoms with Gasteiger partial charge in [-0.15, -0.1) is 0 Å².